The molecule has 0 unspecified atom stereocenters. The Morgan fingerprint density at radius 1 is 0.933 bits per heavy atom. The molecule has 30 heavy (non-hydrogen) atoms. The molecule has 0 aliphatic rings. The maximum Gasteiger partial charge on any atom is 0.325 e. The minimum absolute atomic E-state index is 0.168. The highest BCUT2D eigenvalue weighted by atomic mass is 16.5. The molecule has 2 N–H and O–H groups in total. The summed E-state index contributed by atoms with van der Waals surface area (Å²) in [6, 6.07) is 13.5. The highest BCUT2D eigenvalue weighted by Gasteiger charge is 2.10. The Morgan fingerprint density at radius 3 is 2.47 bits per heavy atom. The summed E-state index contributed by atoms with van der Waals surface area (Å²) in [4.78, 5) is 27.6. The lowest BCUT2D eigenvalue weighted by molar-refractivity contribution is -0.141. The molecular weight excluding hydrogens is 382 g/mol. The van der Waals surface area contributed by atoms with Crippen LogP contribution in [-0.4, -0.2) is 36.7 Å². The number of nitrogens with zero attached hydrogens (tertiary/aromatic N) is 1. The summed E-state index contributed by atoms with van der Waals surface area (Å²) < 4.78 is 10.3. The molecule has 0 spiro atoms. The molecule has 2 aromatic carbocycles. The zero-order valence-electron chi connectivity index (χ0n) is 17.1. The summed E-state index contributed by atoms with van der Waals surface area (Å²) >= 11 is 0. The van der Waals surface area contributed by atoms with E-state index in [0.29, 0.717) is 13.2 Å². The molecule has 1 aromatic heterocycles. The van der Waals surface area contributed by atoms with Gasteiger partial charge in [-0.25, -0.2) is 4.79 Å². The summed E-state index contributed by atoms with van der Waals surface area (Å²) in [6.45, 7) is 4.72. The predicted molar refractivity (Wildman–Crippen MR) is 115 cm³/mol. The van der Waals surface area contributed by atoms with Gasteiger partial charge >= 0.3 is 12.0 Å². The number of carbonyl (C=O) groups excluding carboxylic acids is 2. The smallest absolute Gasteiger partial charge is 0.325 e. The van der Waals surface area contributed by atoms with Gasteiger partial charge in [-0.1, -0.05) is 24.3 Å². The Balaban J connectivity index is 1.75. The number of aromatic nitrogens is 1. The van der Waals surface area contributed by atoms with Crippen LogP contribution in [0.3, 0.4) is 0 Å². The zero-order chi connectivity index (χ0) is 21.3. The molecule has 7 heteroatoms. The molecule has 0 saturated carbocycles. The van der Waals surface area contributed by atoms with E-state index in [4.69, 9.17) is 9.47 Å². The third-order valence-electron chi connectivity index (χ3n) is 4.52. The number of hydrogen-bond acceptors (Lipinski definition) is 5. The number of amides is 2. The Bertz CT molecular complexity index is 1020. The fraction of sp³-hybridized carbons (Fsp3) is 0.261. The molecule has 0 atom stereocenters. The van der Waals surface area contributed by atoms with Crippen molar-refractivity contribution in [2.45, 2.75) is 20.4 Å². The monoisotopic (exact) mass is 407 g/mol. The SMILES string of the molecule is CCOC(=O)CNC(=O)NCc1ccc(-c2ccc(OCC)cc2)c2ccncc12. The van der Waals surface area contributed by atoms with Crippen molar-refractivity contribution in [1.82, 2.24) is 15.6 Å². The lowest BCUT2D eigenvalue weighted by Gasteiger charge is -2.13. The Hall–Kier alpha value is -3.61. The van der Waals surface area contributed by atoms with E-state index in [-0.39, 0.29) is 13.2 Å². The summed E-state index contributed by atoms with van der Waals surface area (Å²) in [5, 5.41) is 7.25. The standard InChI is InChI=1S/C23H25N3O4/c1-3-29-18-8-5-16(6-9-18)19-10-7-17(21-14-24-12-11-20(19)21)13-25-23(28)26-15-22(27)30-4-2/h5-12,14H,3-4,13,15H2,1-2H3,(H2,25,26,28). The van der Waals surface area contributed by atoms with E-state index in [1.807, 2.05) is 49.4 Å². The van der Waals surface area contributed by atoms with Crippen molar-refractivity contribution in [3.05, 3.63) is 60.4 Å². The van der Waals surface area contributed by atoms with Crippen LogP contribution in [0.1, 0.15) is 19.4 Å². The lowest BCUT2D eigenvalue weighted by Crippen LogP contribution is -2.38. The largest absolute Gasteiger partial charge is 0.494 e. The fourth-order valence-corrected chi connectivity index (χ4v) is 3.15. The number of carbonyl (C=O) groups is 2. The molecule has 3 rings (SSSR count). The minimum atomic E-state index is -0.470. The third kappa shape index (κ3) is 5.26. The molecule has 156 valence electrons. The van der Waals surface area contributed by atoms with Gasteiger partial charge in [0.15, 0.2) is 0 Å². The summed E-state index contributed by atoms with van der Waals surface area (Å²) in [7, 11) is 0. The van der Waals surface area contributed by atoms with Crippen LogP contribution in [0.15, 0.2) is 54.9 Å². The van der Waals surface area contributed by atoms with Gasteiger partial charge in [-0.15, -0.1) is 0 Å². The van der Waals surface area contributed by atoms with Crippen LogP contribution in [-0.2, 0) is 16.1 Å². The van der Waals surface area contributed by atoms with Crippen LogP contribution in [0.2, 0.25) is 0 Å². The first-order valence-electron chi connectivity index (χ1n) is 9.88. The molecule has 0 bridgehead atoms. The van der Waals surface area contributed by atoms with Crippen molar-refractivity contribution in [3.63, 3.8) is 0 Å². The Morgan fingerprint density at radius 2 is 1.73 bits per heavy atom. The highest BCUT2D eigenvalue weighted by molar-refractivity contribution is 5.98. The van der Waals surface area contributed by atoms with E-state index < -0.39 is 12.0 Å². The van der Waals surface area contributed by atoms with Crippen molar-refractivity contribution in [3.8, 4) is 16.9 Å². The predicted octanol–water partition coefficient (Wildman–Crippen LogP) is 3.66. The average Bonchev–Trinajstić information content (AvgIpc) is 2.77. The van der Waals surface area contributed by atoms with Crippen molar-refractivity contribution >= 4 is 22.8 Å². The first-order chi connectivity index (χ1) is 14.6. The van der Waals surface area contributed by atoms with E-state index in [1.165, 1.54) is 0 Å². The van der Waals surface area contributed by atoms with Crippen LogP contribution in [0.5, 0.6) is 5.75 Å². The van der Waals surface area contributed by atoms with Crippen molar-refractivity contribution in [1.29, 1.82) is 0 Å². The number of hydrogen-bond donors (Lipinski definition) is 2. The molecule has 0 radical (unpaired) electrons. The van der Waals surface area contributed by atoms with Crippen LogP contribution in [0.4, 0.5) is 4.79 Å². The van der Waals surface area contributed by atoms with Crippen LogP contribution >= 0.6 is 0 Å². The number of esters is 1. The van der Waals surface area contributed by atoms with E-state index in [2.05, 4.69) is 15.6 Å². The highest BCUT2D eigenvalue weighted by Crippen LogP contribution is 2.31. The van der Waals surface area contributed by atoms with Crippen molar-refractivity contribution in [2.75, 3.05) is 19.8 Å². The zero-order valence-corrected chi connectivity index (χ0v) is 17.1. The van der Waals surface area contributed by atoms with Gasteiger partial charge in [-0.3, -0.25) is 9.78 Å². The van der Waals surface area contributed by atoms with Crippen molar-refractivity contribution in [2.24, 2.45) is 0 Å². The van der Waals surface area contributed by atoms with Crippen LogP contribution in [0, 0.1) is 0 Å². The maximum absolute atomic E-state index is 12.0. The molecule has 0 saturated heterocycles. The average molecular weight is 407 g/mol. The second-order valence-corrected chi connectivity index (χ2v) is 6.49. The van der Waals surface area contributed by atoms with E-state index >= 15 is 0 Å². The number of fused-ring (bicyclic) bond motifs is 1. The Kier molecular flexibility index (Phi) is 7.21. The van der Waals surface area contributed by atoms with Gasteiger partial charge in [0, 0.05) is 24.3 Å². The quantitative estimate of drug-likeness (QED) is 0.556. The molecule has 3 aromatic rings. The van der Waals surface area contributed by atoms with Gasteiger partial charge in [0.1, 0.15) is 12.3 Å². The summed E-state index contributed by atoms with van der Waals surface area (Å²) in [6.07, 6.45) is 3.55. The number of benzene rings is 2. The van der Waals surface area contributed by atoms with Crippen LogP contribution < -0.4 is 15.4 Å². The van der Waals surface area contributed by atoms with Gasteiger partial charge < -0.3 is 20.1 Å². The molecule has 2 amide bonds. The summed E-state index contributed by atoms with van der Waals surface area (Å²) in [5.41, 5.74) is 3.08. The maximum atomic E-state index is 12.0. The number of rotatable bonds is 8. The summed E-state index contributed by atoms with van der Waals surface area (Å²) in [5.74, 6) is 0.365. The van der Waals surface area contributed by atoms with E-state index in [1.54, 1.807) is 19.3 Å². The van der Waals surface area contributed by atoms with Gasteiger partial charge in [0.2, 0.25) is 0 Å². The number of urea groups is 1. The Labute approximate surface area is 175 Å². The molecule has 0 fully saturated rings. The molecule has 7 nitrogen and oxygen atoms in total. The normalized spacial score (nSPS) is 10.5. The first-order valence-corrected chi connectivity index (χ1v) is 9.88. The van der Waals surface area contributed by atoms with Gasteiger partial charge in [-0.2, -0.15) is 0 Å². The third-order valence-corrected chi connectivity index (χ3v) is 4.52. The molecular formula is C23H25N3O4. The first kappa shape index (κ1) is 21.1. The number of pyridine rings is 1. The minimum Gasteiger partial charge on any atom is -0.494 e. The topological polar surface area (TPSA) is 89.5 Å². The van der Waals surface area contributed by atoms with Crippen molar-refractivity contribution < 1.29 is 19.1 Å². The number of ether oxygens (including phenoxy) is 2. The second kappa shape index (κ2) is 10.2. The molecule has 1 heterocycles. The molecule has 0 aliphatic carbocycles. The van der Waals surface area contributed by atoms with E-state index in [0.717, 1.165) is 33.2 Å². The van der Waals surface area contributed by atoms with E-state index in [9.17, 15) is 9.59 Å². The fourth-order valence-electron chi connectivity index (χ4n) is 3.15. The lowest BCUT2D eigenvalue weighted by atomic mass is 9.96. The number of nitrogens with one attached hydrogen (secondary N) is 2. The molecule has 0 aliphatic heterocycles. The van der Waals surface area contributed by atoms with Gasteiger partial charge in [0.05, 0.1) is 13.2 Å². The van der Waals surface area contributed by atoms with Gasteiger partial charge in [0.25, 0.3) is 0 Å². The second-order valence-electron chi connectivity index (χ2n) is 6.49. The van der Waals surface area contributed by atoms with Gasteiger partial charge in [-0.05, 0) is 54.1 Å². The van der Waals surface area contributed by atoms with Crippen LogP contribution in [0.25, 0.3) is 21.9 Å².